The average molecular weight is 637 g/mol. The van der Waals surface area contributed by atoms with Crippen LogP contribution in [0.1, 0.15) is 55.5 Å². The molecular weight excluding hydrogens is 601 g/mol. The third kappa shape index (κ3) is 4.56. The van der Waals surface area contributed by atoms with Crippen LogP contribution in [0.3, 0.4) is 0 Å². The van der Waals surface area contributed by atoms with Gasteiger partial charge in [-0.05, 0) is 88.0 Å². The van der Waals surface area contributed by atoms with Gasteiger partial charge >= 0.3 is 6.18 Å². The monoisotopic (exact) mass is 636 g/mol. The molecule has 0 atom stereocenters. The Labute approximate surface area is 279 Å². The summed E-state index contributed by atoms with van der Waals surface area (Å²) in [7, 11) is 0. The Morgan fingerprint density at radius 3 is 1.17 bits per heavy atom. The van der Waals surface area contributed by atoms with E-state index in [-0.39, 0.29) is 10.8 Å². The Bertz CT molecular complexity index is 1990. The van der Waals surface area contributed by atoms with Crippen molar-refractivity contribution in [3.8, 4) is 11.1 Å². The number of hydrogen-bond donors (Lipinski definition) is 0. The lowest BCUT2D eigenvalue weighted by molar-refractivity contribution is -0.137. The van der Waals surface area contributed by atoms with E-state index < -0.39 is 11.7 Å². The number of hydrogen-bond acceptors (Lipinski definition) is 2. The van der Waals surface area contributed by atoms with Crippen LogP contribution in [-0.4, -0.2) is 0 Å². The molecule has 0 radical (unpaired) electrons. The molecule has 0 aliphatic carbocycles. The lowest BCUT2D eigenvalue weighted by atomic mass is 9.73. The minimum atomic E-state index is -4.46. The molecule has 0 spiro atoms. The van der Waals surface area contributed by atoms with Gasteiger partial charge in [0, 0.05) is 22.2 Å². The van der Waals surface area contributed by atoms with Gasteiger partial charge < -0.3 is 9.80 Å². The van der Waals surface area contributed by atoms with Gasteiger partial charge in [0.25, 0.3) is 0 Å². The molecule has 0 fully saturated rings. The second-order valence-electron chi connectivity index (χ2n) is 13.8. The van der Waals surface area contributed by atoms with E-state index >= 15 is 0 Å². The largest absolute Gasteiger partial charge is 0.416 e. The Balaban J connectivity index is 1.43. The number of fused-ring (bicyclic) bond motifs is 4. The highest BCUT2D eigenvalue weighted by molar-refractivity contribution is 5.93. The Kier molecular flexibility index (Phi) is 6.65. The summed E-state index contributed by atoms with van der Waals surface area (Å²) < 4.78 is 42.0. The second kappa shape index (κ2) is 10.6. The van der Waals surface area contributed by atoms with Crippen LogP contribution in [0, 0.1) is 0 Å². The summed E-state index contributed by atoms with van der Waals surface area (Å²) >= 11 is 0. The molecule has 0 N–H and O–H groups in total. The van der Waals surface area contributed by atoms with Crippen molar-refractivity contribution in [2.24, 2.45) is 0 Å². The molecule has 0 bridgehead atoms. The summed E-state index contributed by atoms with van der Waals surface area (Å²) in [5.41, 5.74) is 10.7. The van der Waals surface area contributed by atoms with Crippen molar-refractivity contribution in [3.63, 3.8) is 0 Å². The van der Waals surface area contributed by atoms with Crippen LogP contribution in [0.2, 0.25) is 0 Å². The number of benzene rings is 6. The Morgan fingerprint density at radius 2 is 0.792 bits per heavy atom. The normalized spacial score (nSPS) is 15.6. The zero-order chi connectivity index (χ0) is 33.4. The smallest absolute Gasteiger partial charge is 0.310 e. The van der Waals surface area contributed by atoms with Crippen molar-refractivity contribution in [3.05, 3.63) is 167 Å². The van der Waals surface area contributed by atoms with E-state index in [2.05, 4.69) is 116 Å². The first kappa shape index (κ1) is 30.1. The van der Waals surface area contributed by atoms with Crippen molar-refractivity contribution in [2.45, 2.75) is 44.7 Å². The molecule has 48 heavy (non-hydrogen) atoms. The van der Waals surface area contributed by atoms with E-state index in [4.69, 9.17) is 0 Å². The van der Waals surface area contributed by atoms with Gasteiger partial charge in [-0.25, -0.2) is 0 Å². The molecule has 6 aromatic carbocycles. The van der Waals surface area contributed by atoms with Crippen LogP contribution in [0.15, 0.2) is 140 Å². The van der Waals surface area contributed by atoms with Gasteiger partial charge in [-0.3, -0.25) is 0 Å². The van der Waals surface area contributed by atoms with Gasteiger partial charge in [-0.1, -0.05) is 113 Å². The fraction of sp³-hybridized carbons (Fsp3) is 0.163. The van der Waals surface area contributed by atoms with Crippen molar-refractivity contribution < 1.29 is 13.2 Å². The number of para-hydroxylation sites is 4. The quantitative estimate of drug-likeness (QED) is 0.191. The van der Waals surface area contributed by atoms with Gasteiger partial charge in [-0.15, -0.1) is 0 Å². The first-order valence-electron chi connectivity index (χ1n) is 16.3. The van der Waals surface area contributed by atoms with E-state index in [9.17, 15) is 13.2 Å². The molecule has 2 aliphatic rings. The van der Waals surface area contributed by atoms with Gasteiger partial charge in [-0.2, -0.15) is 13.2 Å². The summed E-state index contributed by atoms with van der Waals surface area (Å²) in [5.74, 6) is 0. The lowest BCUT2D eigenvalue weighted by Crippen LogP contribution is -2.31. The second-order valence-corrected chi connectivity index (χ2v) is 13.8. The lowest BCUT2D eigenvalue weighted by Gasteiger charge is -2.43. The van der Waals surface area contributed by atoms with E-state index in [0.717, 1.165) is 40.2 Å². The highest BCUT2D eigenvalue weighted by Gasteiger charge is 2.39. The highest BCUT2D eigenvalue weighted by Crippen LogP contribution is 2.55. The number of alkyl halides is 3. The first-order valence-corrected chi connectivity index (χ1v) is 16.3. The molecule has 0 unspecified atom stereocenters. The minimum absolute atomic E-state index is 0.249. The molecule has 2 nitrogen and oxygen atoms in total. The van der Waals surface area contributed by atoms with Gasteiger partial charge in [0.2, 0.25) is 0 Å². The molecule has 6 aromatic rings. The molecule has 0 aromatic heterocycles. The van der Waals surface area contributed by atoms with Crippen molar-refractivity contribution >= 4 is 34.1 Å². The fourth-order valence-electron chi connectivity index (χ4n) is 7.79. The molecule has 238 valence electrons. The molecule has 2 heterocycles. The van der Waals surface area contributed by atoms with Crippen molar-refractivity contribution in [1.29, 1.82) is 0 Å². The van der Waals surface area contributed by atoms with Gasteiger partial charge in [0.15, 0.2) is 0 Å². The third-order valence-electron chi connectivity index (χ3n) is 10.2. The minimum Gasteiger partial charge on any atom is -0.310 e. The molecule has 8 rings (SSSR count). The summed E-state index contributed by atoms with van der Waals surface area (Å²) in [5, 5.41) is 0. The first-order chi connectivity index (χ1) is 23.0. The molecule has 0 amide bonds. The maximum absolute atomic E-state index is 14.0. The van der Waals surface area contributed by atoms with Crippen LogP contribution in [0.5, 0.6) is 0 Å². The van der Waals surface area contributed by atoms with E-state index in [0.29, 0.717) is 11.1 Å². The van der Waals surface area contributed by atoms with E-state index in [1.54, 1.807) is 6.07 Å². The summed E-state index contributed by atoms with van der Waals surface area (Å²) in [6.07, 6.45) is -4.46. The molecular formula is C43H35F3N2. The molecule has 5 heteroatoms. The fourth-order valence-corrected chi connectivity index (χ4v) is 7.79. The number of halogens is 3. The summed E-state index contributed by atoms with van der Waals surface area (Å²) in [4.78, 5) is 4.53. The van der Waals surface area contributed by atoms with E-state index in [1.165, 1.54) is 34.4 Å². The number of anilines is 6. The van der Waals surface area contributed by atoms with Crippen LogP contribution in [-0.2, 0) is 17.0 Å². The molecule has 0 saturated heterocycles. The summed E-state index contributed by atoms with van der Waals surface area (Å²) in [6, 6.07) is 45.6. The van der Waals surface area contributed by atoms with Crippen molar-refractivity contribution in [1.82, 2.24) is 0 Å². The highest BCUT2D eigenvalue weighted by atomic mass is 19.4. The predicted molar refractivity (Wildman–Crippen MR) is 191 cm³/mol. The number of nitrogens with zero attached hydrogens (tertiary/aromatic N) is 2. The molecule has 0 saturated carbocycles. The zero-order valence-electron chi connectivity index (χ0n) is 27.3. The Morgan fingerprint density at radius 1 is 0.417 bits per heavy atom. The van der Waals surface area contributed by atoms with Gasteiger partial charge in [0.1, 0.15) is 0 Å². The van der Waals surface area contributed by atoms with Crippen LogP contribution < -0.4 is 9.80 Å². The van der Waals surface area contributed by atoms with Crippen LogP contribution in [0.4, 0.5) is 47.3 Å². The van der Waals surface area contributed by atoms with Crippen LogP contribution in [0.25, 0.3) is 11.1 Å². The zero-order valence-corrected chi connectivity index (χ0v) is 27.3. The maximum Gasteiger partial charge on any atom is 0.416 e. The van der Waals surface area contributed by atoms with Crippen molar-refractivity contribution in [2.75, 3.05) is 9.80 Å². The van der Waals surface area contributed by atoms with E-state index in [1.807, 2.05) is 36.4 Å². The van der Waals surface area contributed by atoms with Crippen LogP contribution >= 0.6 is 0 Å². The topological polar surface area (TPSA) is 6.48 Å². The maximum atomic E-state index is 14.0. The average Bonchev–Trinajstić information content (AvgIpc) is 3.08. The third-order valence-corrected chi connectivity index (χ3v) is 10.2. The standard InChI is InChI=1S/C43H35F3N2/c1-41(2)33-16-5-9-20-37(33)47(38-21-10-6-17-34(38)41)31-25-29(28-14-13-15-30(24-28)43(44,45)46)26-32(27-31)48-39-22-11-7-18-35(39)42(3,4)36-19-8-12-23-40(36)48/h5-27H,1-4H3. The number of rotatable bonds is 3. The SMILES string of the molecule is CC1(C)c2ccccc2N(c2cc(-c3cccc(C(F)(F)F)c3)cc(N3c4ccccc4C(C)(C)c4ccccc43)c2)c2ccccc21. The summed E-state index contributed by atoms with van der Waals surface area (Å²) in [6.45, 7) is 8.98. The predicted octanol–water partition coefficient (Wildman–Crippen LogP) is 12.6. The molecule has 2 aliphatic heterocycles. The van der Waals surface area contributed by atoms with Gasteiger partial charge in [0.05, 0.1) is 28.3 Å². The Hall–Kier alpha value is -5.29.